The second kappa shape index (κ2) is 6.10. The van der Waals surface area contributed by atoms with Crippen molar-refractivity contribution < 1.29 is 9.90 Å². The second-order valence-corrected chi connectivity index (χ2v) is 5.43. The van der Waals surface area contributed by atoms with E-state index in [1.165, 1.54) is 0 Å². The summed E-state index contributed by atoms with van der Waals surface area (Å²) in [5, 5.41) is 9.14. The van der Waals surface area contributed by atoms with Crippen LogP contribution in [-0.2, 0) is 0 Å². The number of nitrogens with zero attached hydrogens (tertiary/aromatic N) is 3. The van der Waals surface area contributed by atoms with Crippen LogP contribution < -0.4 is 0 Å². The number of imidazole rings is 1. The number of aromatic nitrogens is 2. The first-order valence-electron chi connectivity index (χ1n) is 7.26. The van der Waals surface area contributed by atoms with Gasteiger partial charge in [-0.25, -0.2) is 4.98 Å². The first-order chi connectivity index (χ1) is 10.3. The van der Waals surface area contributed by atoms with E-state index in [-0.39, 0.29) is 12.5 Å². The maximum absolute atomic E-state index is 12.4. The Morgan fingerprint density at radius 2 is 1.95 bits per heavy atom. The summed E-state index contributed by atoms with van der Waals surface area (Å²) >= 11 is 0. The van der Waals surface area contributed by atoms with E-state index in [1.807, 2.05) is 39.9 Å². The molecule has 0 bridgehead atoms. The number of hydrogen-bond donors (Lipinski definition) is 1. The molecule has 1 aromatic carbocycles. The molecule has 0 aliphatic carbocycles. The van der Waals surface area contributed by atoms with Crippen molar-refractivity contribution in [2.45, 2.75) is 12.8 Å². The molecule has 5 nitrogen and oxygen atoms in total. The van der Waals surface area contributed by atoms with Crippen LogP contribution in [0.4, 0.5) is 0 Å². The molecule has 110 valence electrons. The fourth-order valence-corrected chi connectivity index (χ4v) is 2.69. The van der Waals surface area contributed by atoms with Gasteiger partial charge in [-0.15, -0.1) is 0 Å². The van der Waals surface area contributed by atoms with Crippen molar-refractivity contribution in [2.75, 3.05) is 19.7 Å². The van der Waals surface area contributed by atoms with Crippen molar-refractivity contribution in [1.82, 2.24) is 14.5 Å². The zero-order valence-corrected chi connectivity index (χ0v) is 11.9. The Labute approximate surface area is 123 Å². The minimum absolute atomic E-state index is 0.0728. The summed E-state index contributed by atoms with van der Waals surface area (Å²) in [6.07, 6.45) is 7.10. The average Bonchev–Trinajstić information content (AvgIpc) is 3.09. The zero-order chi connectivity index (χ0) is 14.7. The molecule has 0 spiro atoms. The van der Waals surface area contributed by atoms with Crippen LogP contribution in [0.25, 0.3) is 5.69 Å². The molecule has 1 aliphatic heterocycles. The Hall–Kier alpha value is -2.14. The van der Waals surface area contributed by atoms with Crippen molar-refractivity contribution in [1.29, 1.82) is 0 Å². The quantitative estimate of drug-likeness (QED) is 0.934. The van der Waals surface area contributed by atoms with Crippen LogP contribution in [0, 0.1) is 5.92 Å². The fourth-order valence-electron chi connectivity index (χ4n) is 2.69. The van der Waals surface area contributed by atoms with Crippen molar-refractivity contribution >= 4 is 5.91 Å². The summed E-state index contributed by atoms with van der Waals surface area (Å²) in [7, 11) is 0. The SMILES string of the molecule is O=C(c1ccc(-n2ccnc2)cc1)N1CCC(CO)CC1. The molecule has 3 rings (SSSR count). The van der Waals surface area contributed by atoms with Gasteiger partial charge >= 0.3 is 0 Å². The summed E-state index contributed by atoms with van der Waals surface area (Å²) in [6.45, 7) is 1.68. The van der Waals surface area contributed by atoms with Gasteiger partial charge in [0.1, 0.15) is 0 Å². The molecule has 1 amide bonds. The molecule has 1 fully saturated rings. The fraction of sp³-hybridized carbons (Fsp3) is 0.375. The molecule has 21 heavy (non-hydrogen) atoms. The second-order valence-electron chi connectivity index (χ2n) is 5.43. The number of hydrogen-bond acceptors (Lipinski definition) is 3. The number of likely N-dealkylation sites (tertiary alicyclic amines) is 1. The number of carbonyl (C=O) groups excluding carboxylic acids is 1. The highest BCUT2D eigenvalue weighted by Crippen LogP contribution is 2.19. The predicted molar refractivity (Wildman–Crippen MR) is 79.3 cm³/mol. The summed E-state index contributed by atoms with van der Waals surface area (Å²) in [6, 6.07) is 7.57. The highest BCUT2D eigenvalue weighted by atomic mass is 16.3. The third kappa shape index (κ3) is 2.97. The van der Waals surface area contributed by atoms with Gasteiger partial charge in [-0.3, -0.25) is 4.79 Å². The van der Waals surface area contributed by atoms with Gasteiger partial charge in [-0.2, -0.15) is 0 Å². The van der Waals surface area contributed by atoms with Gasteiger partial charge in [0.25, 0.3) is 5.91 Å². The number of carbonyl (C=O) groups is 1. The lowest BCUT2D eigenvalue weighted by molar-refractivity contribution is 0.0651. The monoisotopic (exact) mass is 285 g/mol. The number of piperidine rings is 1. The van der Waals surface area contributed by atoms with Crippen LogP contribution in [0.1, 0.15) is 23.2 Å². The smallest absolute Gasteiger partial charge is 0.253 e. The Morgan fingerprint density at radius 3 is 2.52 bits per heavy atom. The normalized spacial score (nSPS) is 16.1. The van der Waals surface area contributed by atoms with Gasteiger partial charge in [0.05, 0.1) is 6.33 Å². The molecule has 5 heteroatoms. The third-order valence-electron chi connectivity index (χ3n) is 4.08. The molecule has 0 unspecified atom stereocenters. The third-order valence-corrected chi connectivity index (χ3v) is 4.08. The molecular weight excluding hydrogens is 266 g/mol. The molecule has 1 aromatic heterocycles. The molecule has 2 aromatic rings. The Balaban J connectivity index is 1.68. The molecule has 0 radical (unpaired) electrons. The average molecular weight is 285 g/mol. The van der Waals surface area contributed by atoms with Gasteiger partial charge in [0.15, 0.2) is 0 Å². The number of aliphatic hydroxyl groups excluding tert-OH is 1. The minimum Gasteiger partial charge on any atom is -0.396 e. The predicted octanol–water partition coefficient (Wildman–Crippen LogP) is 1.72. The highest BCUT2D eigenvalue weighted by molar-refractivity contribution is 5.94. The maximum atomic E-state index is 12.4. The summed E-state index contributed by atoms with van der Waals surface area (Å²) in [5.41, 5.74) is 1.70. The first-order valence-corrected chi connectivity index (χ1v) is 7.26. The molecule has 1 N–H and O–H groups in total. The van der Waals surface area contributed by atoms with E-state index < -0.39 is 0 Å². The van der Waals surface area contributed by atoms with E-state index in [9.17, 15) is 4.79 Å². The van der Waals surface area contributed by atoms with E-state index in [0.717, 1.165) is 31.6 Å². The van der Waals surface area contributed by atoms with Gasteiger partial charge in [-0.1, -0.05) is 0 Å². The van der Waals surface area contributed by atoms with Crippen LogP contribution in [-0.4, -0.2) is 45.2 Å². The van der Waals surface area contributed by atoms with Crippen LogP contribution >= 0.6 is 0 Å². The van der Waals surface area contributed by atoms with Crippen molar-refractivity contribution in [3.8, 4) is 5.69 Å². The van der Waals surface area contributed by atoms with Gasteiger partial charge in [0, 0.05) is 43.3 Å². The van der Waals surface area contributed by atoms with Crippen molar-refractivity contribution in [3.05, 3.63) is 48.5 Å². The topological polar surface area (TPSA) is 58.4 Å². The lowest BCUT2D eigenvalue weighted by Gasteiger charge is -2.31. The van der Waals surface area contributed by atoms with E-state index in [1.54, 1.807) is 12.5 Å². The summed E-state index contributed by atoms with van der Waals surface area (Å²) in [5.74, 6) is 0.418. The first kappa shape index (κ1) is 13.8. The summed E-state index contributed by atoms with van der Waals surface area (Å²) < 4.78 is 1.90. The van der Waals surface area contributed by atoms with E-state index in [2.05, 4.69) is 4.98 Å². The summed E-state index contributed by atoms with van der Waals surface area (Å²) in [4.78, 5) is 18.3. The molecule has 0 atom stereocenters. The molecule has 1 saturated heterocycles. The van der Waals surface area contributed by atoms with Crippen LogP contribution in [0.5, 0.6) is 0 Å². The van der Waals surface area contributed by atoms with Crippen molar-refractivity contribution in [3.63, 3.8) is 0 Å². The standard InChI is InChI=1S/C16H19N3O2/c20-11-13-5-8-18(9-6-13)16(21)14-1-3-15(4-2-14)19-10-7-17-12-19/h1-4,7,10,12-13,20H,5-6,8-9,11H2. The zero-order valence-electron chi connectivity index (χ0n) is 11.9. The van der Waals surface area contributed by atoms with Gasteiger partial charge < -0.3 is 14.6 Å². The van der Waals surface area contributed by atoms with E-state index >= 15 is 0 Å². The number of rotatable bonds is 3. The number of benzene rings is 1. The highest BCUT2D eigenvalue weighted by Gasteiger charge is 2.23. The van der Waals surface area contributed by atoms with Crippen LogP contribution in [0.15, 0.2) is 43.0 Å². The Bertz CT molecular complexity index is 584. The van der Waals surface area contributed by atoms with Crippen LogP contribution in [0.2, 0.25) is 0 Å². The molecule has 2 heterocycles. The molecular formula is C16H19N3O2. The Kier molecular flexibility index (Phi) is 4.01. The van der Waals surface area contributed by atoms with Gasteiger partial charge in [-0.05, 0) is 43.0 Å². The van der Waals surface area contributed by atoms with E-state index in [0.29, 0.717) is 11.5 Å². The van der Waals surface area contributed by atoms with Crippen LogP contribution in [0.3, 0.4) is 0 Å². The molecule has 1 aliphatic rings. The minimum atomic E-state index is 0.0728. The lowest BCUT2D eigenvalue weighted by atomic mass is 9.97. The Morgan fingerprint density at radius 1 is 1.24 bits per heavy atom. The number of amides is 1. The largest absolute Gasteiger partial charge is 0.396 e. The lowest BCUT2D eigenvalue weighted by Crippen LogP contribution is -2.39. The van der Waals surface area contributed by atoms with Crippen molar-refractivity contribution in [2.24, 2.45) is 5.92 Å². The van der Waals surface area contributed by atoms with Gasteiger partial charge in [0.2, 0.25) is 0 Å². The van der Waals surface area contributed by atoms with E-state index in [4.69, 9.17) is 5.11 Å². The number of aliphatic hydroxyl groups is 1. The molecule has 0 saturated carbocycles. The maximum Gasteiger partial charge on any atom is 0.253 e.